The lowest BCUT2D eigenvalue weighted by molar-refractivity contribution is 0.367. The SMILES string of the molecule is O=S(=O)(O)C1=CC(F)CC(F)=C1. The van der Waals surface area contributed by atoms with Crippen molar-refractivity contribution in [2.45, 2.75) is 12.6 Å². The highest BCUT2D eigenvalue weighted by Crippen LogP contribution is 2.23. The maximum Gasteiger partial charge on any atom is 0.294 e. The highest BCUT2D eigenvalue weighted by molar-refractivity contribution is 7.90. The molecule has 1 aliphatic rings. The molecule has 12 heavy (non-hydrogen) atoms. The molecule has 68 valence electrons. The first kappa shape index (κ1) is 9.34. The number of rotatable bonds is 1. The van der Waals surface area contributed by atoms with Crippen molar-refractivity contribution in [2.24, 2.45) is 0 Å². The summed E-state index contributed by atoms with van der Waals surface area (Å²) < 4.78 is 54.1. The van der Waals surface area contributed by atoms with Crippen LogP contribution in [0.2, 0.25) is 0 Å². The molecule has 1 atom stereocenters. The van der Waals surface area contributed by atoms with Gasteiger partial charge >= 0.3 is 0 Å². The Hall–Kier alpha value is -0.750. The van der Waals surface area contributed by atoms with Crippen molar-refractivity contribution in [3.63, 3.8) is 0 Å². The fraction of sp³-hybridized carbons (Fsp3) is 0.333. The topological polar surface area (TPSA) is 54.4 Å². The van der Waals surface area contributed by atoms with Crippen molar-refractivity contribution in [1.29, 1.82) is 0 Å². The van der Waals surface area contributed by atoms with Gasteiger partial charge in [-0.15, -0.1) is 0 Å². The van der Waals surface area contributed by atoms with E-state index >= 15 is 0 Å². The summed E-state index contributed by atoms with van der Waals surface area (Å²) in [5.74, 6) is -0.891. The Bertz CT molecular complexity index is 342. The predicted octanol–water partition coefficient (Wildman–Crippen LogP) is 1.35. The summed E-state index contributed by atoms with van der Waals surface area (Å²) in [5.41, 5.74) is 0. The zero-order chi connectivity index (χ0) is 9.35. The second-order valence-electron chi connectivity index (χ2n) is 2.36. The molecule has 1 aliphatic carbocycles. The highest BCUT2D eigenvalue weighted by Gasteiger charge is 2.21. The minimum Gasteiger partial charge on any atom is -0.282 e. The molecule has 3 nitrogen and oxygen atoms in total. The normalized spacial score (nSPS) is 24.8. The molecule has 0 spiro atoms. The molecule has 1 N–H and O–H groups in total. The lowest BCUT2D eigenvalue weighted by Crippen LogP contribution is -2.09. The largest absolute Gasteiger partial charge is 0.294 e. The zero-order valence-corrected chi connectivity index (χ0v) is 6.68. The van der Waals surface area contributed by atoms with Crippen molar-refractivity contribution in [3.05, 3.63) is 22.9 Å². The average molecular weight is 196 g/mol. The number of hydrogen-bond acceptors (Lipinski definition) is 2. The van der Waals surface area contributed by atoms with Gasteiger partial charge in [0.15, 0.2) is 0 Å². The van der Waals surface area contributed by atoms with Gasteiger partial charge in [0.25, 0.3) is 10.1 Å². The smallest absolute Gasteiger partial charge is 0.282 e. The maximum absolute atomic E-state index is 12.5. The van der Waals surface area contributed by atoms with Gasteiger partial charge in [-0.2, -0.15) is 8.42 Å². The molecule has 6 heteroatoms. The number of halogens is 2. The van der Waals surface area contributed by atoms with Crippen molar-refractivity contribution in [2.75, 3.05) is 0 Å². The molecule has 0 fully saturated rings. The first-order valence-corrected chi connectivity index (χ1v) is 4.53. The Balaban J connectivity index is 3.07. The summed E-state index contributed by atoms with van der Waals surface area (Å²) in [5, 5.41) is 0. The van der Waals surface area contributed by atoms with Crippen LogP contribution < -0.4 is 0 Å². The van der Waals surface area contributed by atoms with E-state index in [9.17, 15) is 17.2 Å². The van der Waals surface area contributed by atoms with Gasteiger partial charge in [-0.05, 0) is 12.2 Å². The van der Waals surface area contributed by atoms with Gasteiger partial charge in [0.1, 0.15) is 12.0 Å². The van der Waals surface area contributed by atoms with E-state index in [2.05, 4.69) is 0 Å². The molecular formula is C6H6F2O3S. The number of alkyl halides is 1. The quantitative estimate of drug-likeness (QED) is 0.644. The molecular weight excluding hydrogens is 190 g/mol. The zero-order valence-electron chi connectivity index (χ0n) is 5.87. The van der Waals surface area contributed by atoms with E-state index in [1.807, 2.05) is 0 Å². The van der Waals surface area contributed by atoms with Crippen molar-refractivity contribution >= 4 is 10.1 Å². The lowest BCUT2D eigenvalue weighted by Gasteiger charge is -2.08. The summed E-state index contributed by atoms with van der Waals surface area (Å²) in [6.45, 7) is 0. The molecule has 0 aliphatic heterocycles. The van der Waals surface area contributed by atoms with Gasteiger partial charge in [-0.3, -0.25) is 4.55 Å². The molecule has 0 bridgehead atoms. The molecule has 1 unspecified atom stereocenters. The second-order valence-corrected chi connectivity index (χ2v) is 3.78. The maximum atomic E-state index is 12.5. The van der Waals surface area contributed by atoms with Gasteiger partial charge in [0.2, 0.25) is 0 Å². The summed E-state index contributed by atoms with van der Waals surface area (Å²) in [6, 6.07) is 0. The van der Waals surface area contributed by atoms with Crippen molar-refractivity contribution in [3.8, 4) is 0 Å². The first-order chi connectivity index (χ1) is 5.39. The molecule has 0 saturated heterocycles. The van der Waals surface area contributed by atoms with E-state index in [-0.39, 0.29) is 0 Å². The van der Waals surface area contributed by atoms with Crippen LogP contribution in [-0.2, 0) is 10.1 Å². The van der Waals surface area contributed by atoms with Gasteiger partial charge in [0.05, 0.1) is 4.91 Å². The molecule has 0 amide bonds. The van der Waals surface area contributed by atoms with Crippen LogP contribution in [-0.4, -0.2) is 19.1 Å². The summed E-state index contributed by atoms with van der Waals surface area (Å²) in [6.07, 6.45) is -0.894. The van der Waals surface area contributed by atoms with Gasteiger partial charge in [-0.1, -0.05) is 0 Å². The summed E-state index contributed by atoms with van der Waals surface area (Å²) in [4.78, 5) is -0.723. The van der Waals surface area contributed by atoms with Gasteiger partial charge < -0.3 is 0 Å². The van der Waals surface area contributed by atoms with Gasteiger partial charge in [-0.25, -0.2) is 8.78 Å². The fourth-order valence-corrected chi connectivity index (χ4v) is 1.44. The van der Waals surface area contributed by atoms with Crippen LogP contribution in [0.15, 0.2) is 22.9 Å². The molecule has 0 aromatic carbocycles. The molecule has 0 aromatic heterocycles. The Morgan fingerprint density at radius 1 is 1.58 bits per heavy atom. The Morgan fingerprint density at radius 3 is 2.58 bits per heavy atom. The predicted molar refractivity (Wildman–Crippen MR) is 38.3 cm³/mol. The third-order valence-corrected chi connectivity index (χ3v) is 2.18. The Labute approximate surface area is 68.1 Å². The van der Waals surface area contributed by atoms with Crippen LogP contribution in [0.25, 0.3) is 0 Å². The number of hydrogen-bond donors (Lipinski definition) is 1. The molecule has 0 radical (unpaired) electrons. The molecule has 1 rings (SSSR count). The summed E-state index contributed by atoms with van der Waals surface area (Å²) >= 11 is 0. The van der Waals surface area contributed by atoms with E-state index in [1.54, 1.807) is 0 Å². The second kappa shape index (κ2) is 2.95. The van der Waals surface area contributed by atoms with E-state index in [0.717, 1.165) is 0 Å². The fourth-order valence-electron chi connectivity index (χ4n) is 0.845. The Kier molecular flexibility index (Phi) is 2.29. The van der Waals surface area contributed by atoms with E-state index < -0.39 is 33.4 Å². The highest BCUT2D eigenvalue weighted by atomic mass is 32.2. The lowest BCUT2D eigenvalue weighted by atomic mass is 10.1. The van der Waals surface area contributed by atoms with Gasteiger partial charge in [0, 0.05) is 6.42 Å². The first-order valence-electron chi connectivity index (χ1n) is 3.09. The van der Waals surface area contributed by atoms with E-state index in [1.165, 1.54) is 0 Å². The van der Waals surface area contributed by atoms with E-state index in [4.69, 9.17) is 4.55 Å². The van der Waals surface area contributed by atoms with Crippen LogP contribution in [0.4, 0.5) is 8.78 Å². The molecule has 0 heterocycles. The minimum absolute atomic E-state index is 0.473. The third-order valence-electron chi connectivity index (χ3n) is 1.33. The van der Waals surface area contributed by atoms with Crippen molar-refractivity contribution in [1.82, 2.24) is 0 Å². The van der Waals surface area contributed by atoms with Crippen LogP contribution in [0.5, 0.6) is 0 Å². The monoisotopic (exact) mass is 196 g/mol. The summed E-state index contributed by atoms with van der Waals surface area (Å²) in [7, 11) is -4.49. The standard InChI is InChI=1S/C6H6F2O3S/c7-4-1-5(8)3-6(2-4)12(9,10)11/h2-4H,1H2,(H,9,10,11). The van der Waals surface area contributed by atoms with E-state index in [0.29, 0.717) is 12.2 Å². The third kappa shape index (κ3) is 2.12. The minimum atomic E-state index is -4.49. The molecule has 0 aromatic rings. The average Bonchev–Trinajstić information content (AvgIpc) is 1.82. The number of allylic oxidation sites excluding steroid dienone is 3. The van der Waals surface area contributed by atoms with Crippen LogP contribution in [0.1, 0.15) is 6.42 Å². The Morgan fingerprint density at radius 2 is 2.17 bits per heavy atom. The van der Waals surface area contributed by atoms with Crippen LogP contribution in [0.3, 0.4) is 0 Å². The van der Waals surface area contributed by atoms with Crippen LogP contribution >= 0.6 is 0 Å². The van der Waals surface area contributed by atoms with Crippen molar-refractivity contribution < 1.29 is 21.8 Å². The van der Waals surface area contributed by atoms with Crippen LogP contribution in [0, 0.1) is 0 Å². The molecule has 0 saturated carbocycles.